The van der Waals surface area contributed by atoms with Crippen molar-refractivity contribution >= 4 is 10.8 Å². The van der Waals surface area contributed by atoms with Gasteiger partial charge in [0, 0.05) is 0 Å². The largest absolute Gasteiger partial charge is 0.490 e. The van der Waals surface area contributed by atoms with E-state index in [2.05, 4.69) is 30.3 Å². The summed E-state index contributed by atoms with van der Waals surface area (Å²) < 4.78 is 10.9. The number of benzene rings is 2. The normalized spacial score (nSPS) is 10.7. The number of ether oxygens (including phenoxy) is 1. The Morgan fingerprint density at radius 2 is 1.78 bits per heavy atom. The molecule has 0 radical (unpaired) electrons. The van der Waals surface area contributed by atoms with E-state index in [0.29, 0.717) is 6.61 Å². The van der Waals surface area contributed by atoms with E-state index in [1.807, 2.05) is 19.1 Å². The second kappa shape index (κ2) is 4.57. The molecule has 0 saturated heterocycles. The van der Waals surface area contributed by atoms with Gasteiger partial charge in [0.15, 0.2) is 5.75 Å². The molecule has 3 rings (SSSR count). The van der Waals surface area contributed by atoms with E-state index in [0.717, 1.165) is 16.9 Å². The molecule has 0 atom stereocenters. The maximum atomic E-state index is 5.59. The molecule has 0 fully saturated rings. The first-order valence-electron chi connectivity index (χ1n) is 6.07. The second-order valence-electron chi connectivity index (χ2n) is 4.11. The van der Waals surface area contributed by atoms with E-state index < -0.39 is 0 Å². The topological polar surface area (TPSA) is 22.4 Å². The highest BCUT2D eigenvalue weighted by molar-refractivity contribution is 5.97. The van der Waals surface area contributed by atoms with Gasteiger partial charge in [-0.05, 0) is 23.3 Å². The third kappa shape index (κ3) is 1.76. The number of hydrogen-bond donors (Lipinski definition) is 0. The predicted molar refractivity (Wildman–Crippen MR) is 72.8 cm³/mol. The van der Waals surface area contributed by atoms with Crippen LogP contribution < -0.4 is 4.74 Å². The molecule has 0 bridgehead atoms. The molecule has 0 aliphatic heterocycles. The Bertz CT molecular complexity index is 662. The van der Waals surface area contributed by atoms with Crippen LogP contribution in [0.3, 0.4) is 0 Å². The van der Waals surface area contributed by atoms with Gasteiger partial charge < -0.3 is 9.15 Å². The lowest BCUT2D eigenvalue weighted by molar-refractivity contribution is 0.336. The summed E-state index contributed by atoms with van der Waals surface area (Å²) in [6.07, 6.45) is 3.40. The molecular weight excluding hydrogens is 224 g/mol. The second-order valence-corrected chi connectivity index (χ2v) is 4.11. The van der Waals surface area contributed by atoms with Crippen molar-refractivity contribution in [2.45, 2.75) is 6.92 Å². The van der Waals surface area contributed by atoms with Gasteiger partial charge in [-0.1, -0.05) is 42.5 Å². The highest BCUT2D eigenvalue weighted by atomic mass is 16.5. The predicted octanol–water partition coefficient (Wildman–Crippen LogP) is 4.50. The molecular formula is C16H14O2. The van der Waals surface area contributed by atoms with Crippen molar-refractivity contribution < 1.29 is 9.15 Å². The van der Waals surface area contributed by atoms with Crippen LogP contribution in [0.25, 0.3) is 21.9 Å². The summed E-state index contributed by atoms with van der Waals surface area (Å²) in [7, 11) is 0. The van der Waals surface area contributed by atoms with Gasteiger partial charge in [0.2, 0.25) is 0 Å². The van der Waals surface area contributed by atoms with Crippen LogP contribution in [0.4, 0.5) is 0 Å². The van der Waals surface area contributed by atoms with Crippen LogP contribution >= 0.6 is 0 Å². The fourth-order valence-electron chi connectivity index (χ4n) is 2.21. The molecule has 0 amide bonds. The highest BCUT2D eigenvalue weighted by Gasteiger charge is 2.11. The van der Waals surface area contributed by atoms with Crippen LogP contribution in [0.15, 0.2) is 59.4 Å². The van der Waals surface area contributed by atoms with Crippen molar-refractivity contribution in [3.63, 3.8) is 0 Å². The Hall–Kier alpha value is -2.22. The first-order valence-corrected chi connectivity index (χ1v) is 6.07. The molecule has 0 N–H and O–H groups in total. The molecule has 90 valence electrons. The fraction of sp³-hybridized carbons (Fsp3) is 0.125. The zero-order chi connectivity index (χ0) is 12.4. The van der Waals surface area contributed by atoms with Gasteiger partial charge in [0.1, 0.15) is 12.5 Å². The molecule has 1 aromatic heterocycles. The third-order valence-corrected chi connectivity index (χ3v) is 3.01. The molecule has 0 aliphatic rings. The smallest absolute Gasteiger partial charge is 0.165 e. The summed E-state index contributed by atoms with van der Waals surface area (Å²) in [5, 5.41) is 2.43. The van der Waals surface area contributed by atoms with Crippen molar-refractivity contribution in [1.82, 2.24) is 0 Å². The Kier molecular flexibility index (Phi) is 2.77. The summed E-state index contributed by atoms with van der Waals surface area (Å²) in [6, 6.07) is 14.6. The minimum Gasteiger partial charge on any atom is -0.490 e. The van der Waals surface area contributed by atoms with E-state index in [-0.39, 0.29) is 0 Å². The molecule has 2 nitrogen and oxygen atoms in total. The van der Waals surface area contributed by atoms with Crippen molar-refractivity contribution in [2.24, 2.45) is 0 Å². The minimum absolute atomic E-state index is 0.636. The Balaban J connectivity index is 2.22. The summed E-state index contributed by atoms with van der Waals surface area (Å²) >= 11 is 0. The molecule has 0 saturated carbocycles. The minimum atomic E-state index is 0.636. The molecule has 2 heteroatoms. The summed E-state index contributed by atoms with van der Waals surface area (Å²) in [5.41, 5.74) is 2.15. The van der Waals surface area contributed by atoms with Crippen LogP contribution in [0.2, 0.25) is 0 Å². The maximum Gasteiger partial charge on any atom is 0.165 e. The molecule has 1 heterocycles. The standard InChI is InChI=1S/C16H14O2/c1-2-18-16-11-17-10-15(16)14-9-5-7-12-6-3-4-8-13(12)14/h3-11H,2H2,1H3. The molecule has 3 aromatic rings. The van der Waals surface area contributed by atoms with Crippen LogP contribution in [0, 0.1) is 0 Å². The molecule has 0 aliphatic carbocycles. The fourth-order valence-corrected chi connectivity index (χ4v) is 2.21. The summed E-state index contributed by atoms with van der Waals surface area (Å²) in [6.45, 7) is 2.61. The van der Waals surface area contributed by atoms with Crippen LogP contribution in [-0.4, -0.2) is 6.61 Å². The highest BCUT2D eigenvalue weighted by Crippen LogP contribution is 2.35. The molecule has 0 unspecified atom stereocenters. The Labute approximate surface area is 106 Å². The van der Waals surface area contributed by atoms with Gasteiger partial charge in [-0.25, -0.2) is 0 Å². The van der Waals surface area contributed by atoms with Gasteiger partial charge in [-0.2, -0.15) is 0 Å². The van der Waals surface area contributed by atoms with E-state index >= 15 is 0 Å². The lowest BCUT2D eigenvalue weighted by Gasteiger charge is -2.07. The monoisotopic (exact) mass is 238 g/mol. The number of fused-ring (bicyclic) bond motifs is 1. The first kappa shape index (κ1) is 10.9. The third-order valence-electron chi connectivity index (χ3n) is 3.01. The zero-order valence-electron chi connectivity index (χ0n) is 10.2. The van der Waals surface area contributed by atoms with Crippen LogP contribution in [0.1, 0.15) is 6.92 Å². The number of rotatable bonds is 3. The Morgan fingerprint density at radius 1 is 0.944 bits per heavy atom. The lowest BCUT2D eigenvalue weighted by atomic mass is 10.00. The van der Waals surface area contributed by atoms with Crippen molar-refractivity contribution in [1.29, 1.82) is 0 Å². The number of furan rings is 1. The molecule has 0 spiro atoms. The average molecular weight is 238 g/mol. The zero-order valence-corrected chi connectivity index (χ0v) is 10.2. The first-order chi connectivity index (χ1) is 8.90. The van der Waals surface area contributed by atoms with Crippen LogP contribution in [0.5, 0.6) is 5.75 Å². The number of hydrogen-bond acceptors (Lipinski definition) is 2. The van der Waals surface area contributed by atoms with Gasteiger partial charge in [-0.15, -0.1) is 0 Å². The van der Waals surface area contributed by atoms with Crippen LogP contribution in [-0.2, 0) is 0 Å². The lowest BCUT2D eigenvalue weighted by Crippen LogP contribution is -1.91. The Morgan fingerprint density at radius 3 is 2.67 bits per heavy atom. The molecule has 2 aromatic carbocycles. The van der Waals surface area contributed by atoms with E-state index in [1.165, 1.54) is 10.8 Å². The average Bonchev–Trinajstić information content (AvgIpc) is 2.87. The van der Waals surface area contributed by atoms with Gasteiger partial charge in [0.25, 0.3) is 0 Å². The van der Waals surface area contributed by atoms with E-state index in [9.17, 15) is 0 Å². The van der Waals surface area contributed by atoms with Gasteiger partial charge >= 0.3 is 0 Å². The van der Waals surface area contributed by atoms with Gasteiger partial charge in [-0.3, -0.25) is 0 Å². The SMILES string of the molecule is CCOc1cocc1-c1cccc2ccccc12. The van der Waals surface area contributed by atoms with Crippen molar-refractivity contribution in [3.8, 4) is 16.9 Å². The van der Waals surface area contributed by atoms with Crippen molar-refractivity contribution in [2.75, 3.05) is 6.61 Å². The quantitative estimate of drug-likeness (QED) is 0.670. The summed E-state index contributed by atoms with van der Waals surface area (Å²) in [4.78, 5) is 0. The van der Waals surface area contributed by atoms with E-state index in [4.69, 9.17) is 9.15 Å². The van der Waals surface area contributed by atoms with Gasteiger partial charge in [0.05, 0.1) is 12.2 Å². The van der Waals surface area contributed by atoms with E-state index in [1.54, 1.807) is 12.5 Å². The summed E-state index contributed by atoms with van der Waals surface area (Å²) in [5.74, 6) is 0.800. The molecule has 18 heavy (non-hydrogen) atoms. The van der Waals surface area contributed by atoms with Crippen molar-refractivity contribution in [3.05, 3.63) is 55.0 Å². The maximum absolute atomic E-state index is 5.59.